The van der Waals surface area contributed by atoms with Gasteiger partial charge < -0.3 is 10.2 Å². The summed E-state index contributed by atoms with van der Waals surface area (Å²) >= 11 is 3.40. The van der Waals surface area contributed by atoms with Crippen molar-refractivity contribution in [3.8, 4) is 0 Å². The fourth-order valence-electron chi connectivity index (χ4n) is 1.64. The van der Waals surface area contributed by atoms with Gasteiger partial charge >= 0.3 is 0 Å². The average molecular weight is 283 g/mol. The number of nitrogens with zero attached hydrogens (tertiary/aromatic N) is 1. The molecule has 2 aromatic rings. The van der Waals surface area contributed by atoms with Crippen molar-refractivity contribution in [2.45, 2.75) is 24.7 Å². The molecule has 0 aliphatic rings. The maximum absolute atomic E-state index is 9.30. The molecule has 0 fully saturated rings. The van der Waals surface area contributed by atoms with Crippen molar-refractivity contribution in [3.05, 3.63) is 29.3 Å². The first-order valence-corrected chi connectivity index (χ1v) is 7.80. The normalized spacial score (nSPS) is 14.8. The summed E-state index contributed by atoms with van der Waals surface area (Å²) in [5, 5.41) is 19.6. The Bertz CT molecular complexity index is 467. The number of thioether (sulfide) groups is 1. The lowest BCUT2D eigenvalue weighted by molar-refractivity contribution is 0.113. The van der Waals surface area contributed by atoms with Crippen LogP contribution in [0.25, 0.3) is 10.2 Å². The van der Waals surface area contributed by atoms with E-state index in [9.17, 15) is 5.11 Å². The lowest BCUT2D eigenvalue weighted by Crippen LogP contribution is -2.17. The standard InChI is InChI=1S/C13H17NO2S2/c1-9(17-8-10(16)7-15)6-13-14-11-4-2-3-5-12(11)18-13/h2-5,9-10,15-16H,6-8H2,1H3. The Morgan fingerprint density at radius 3 is 2.89 bits per heavy atom. The van der Waals surface area contributed by atoms with Crippen LogP contribution in [0.3, 0.4) is 0 Å². The lowest BCUT2D eigenvalue weighted by Gasteiger charge is -2.11. The number of para-hydroxylation sites is 1. The summed E-state index contributed by atoms with van der Waals surface area (Å²) in [6, 6.07) is 8.15. The third-order valence-corrected chi connectivity index (χ3v) is 4.96. The molecular formula is C13H17NO2S2. The van der Waals surface area contributed by atoms with Gasteiger partial charge in [-0.15, -0.1) is 11.3 Å². The van der Waals surface area contributed by atoms with Crippen LogP contribution in [0.1, 0.15) is 11.9 Å². The highest BCUT2D eigenvalue weighted by molar-refractivity contribution is 7.99. The second kappa shape index (κ2) is 6.52. The SMILES string of the molecule is CC(Cc1nc2ccccc2s1)SCC(O)CO. The predicted octanol–water partition coefficient (Wildman–Crippen LogP) is 2.31. The predicted molar refractivity (Wildman–Crippen MR) is 78.3 cm³/mol. The Labute approximate surface area is 115 Å². The highest BCUT2D eigenvalue weighted by atomic mass is 32.2. The van der Waals surface area contributed by atoms with Gasteiger partial charge in [-0.2, -0.15) is 11.8 Å². The topological polar surface area (TPSA) is 53.4 Å². The van der Waals surface area contributed by atoms with Gasteiger partial charge in [0.2, 0.25) is 0 Å². The fraction of sp³-hybridized carbons (Fsp3) is 0.462. The van der Waals surface area contributed by atoms with Crippen molar-refractivity contribution in [1.82, 2.24) is 4.98 Å². The van der Waals surface area contributed by atoms with E-state index in [1.165, 1.54) is 4.70 Å². The summed E-state index contributed by atoms with van der Waals surface area (Å²) in [5.41, 5.74) is 1.06. The van der Waals surface area contributed by atoms with Gasteiger partial charge in [0.1, 0.15) is 0 Å². The maximum atomic E-state index is 9.30. The van der Waals surface area contributed by atoms with E-state index in [-0.39, 0.29) is 6.61 Å². The molecule has 2 N–H and O–H groups in total. The number of hydrogen-bond acceptors (Lipinski definition) is 5. The second-order valence-electron chi connectivity index (χ2n) is 4.26. The van der Waals surface area contributed by atoms with Crippen molar-refractivity contribution in [2.75, 3.05) is 12.4 Å². The molecule has 0 spiro atoms. The van der Waals surface area contributed by atoms with Gasteiger partial charge in [-0.3, -0.25) is 0 Å². The highest BCUT2D eigenvalue weighted by Crippen LogP contribution is 2.25. The summed E-state index contributed by atoms with van der Waals surface area (Å²) in [5.74, 6) is 0.572. The van der Waals surface area contributed by atoms with Crippen LogP contribution in [0, 0.1) is 0 Å². The molecule has 0 saturated heterocycles. The van der Waals surface area contributed by atoms with Crippen LogP contribution in [0.4, 0.5) is 0 Å². The zero-order chi connectivity index (χ0) is 13.0. The number of aromatic nitrogens is 1. The van der Waals surface area contributed by atoms with Crippen molar-refractivity contribution in [3.63, 3.8) is 0 Å². The zero-order valence-corrected chi connectivity index (χ0v) is 11.9. The summed E-state index contributed by atoms with van der Waals surface area (Å²) in [4.78, 5) is 4.59. The van der Waals surface area contributed by atoms with Gasteiger partial charge in [-0.05, 0) is 12.1 Å². The number of rotatable bonds is 6. The summed E-state index contributed by atoms with van der Waals surface area (Å²) in [6.45, 7) is 1.96. The number of benzene rings is 1. The molecule has 0 saturated carbocycles. The molecular weight excluding hydrogens is 266 g/mol. The minimum absolute atomic E-state index is 0.166. The van der Waals surface area contributed by atoms with Gasteiger partial charge in [0.25, 0.3) is 0 Å². The molecule has 0 radical (unpaired) electrons. The summed E-state index contributed by atoms with van der Waals surface area (Å²) < 4.78 is 1.22. The fourth-order valence-corrected chi connectivity index (χ4v) is 3.77. The zero-order valence-electron chi connectivity index (χ0n) is 10.2. The van der Waals surface area contributed by atoms with E-state index in [2.05, 4.69) is 18.0 Å². The highest BCUT2D eigenvalue weighted by Gasteiger charge is 2.11. The maximum Gasteiger partial charge on any atom is 0.0949 e. The van der Waals surface area contributed by atoms with E-state index in [0.29, 0.717) is 11.0 Å². The third kappa shape index (κ3) is 3.68. The van der Waals surface area contributed by atoms with E-state index >= 15 is 0 Å². The Balaban J connectivity index is 1.92. The molecule has 2 atom stereocenters. The first-order valence-electron chi connectivity index (χ1n) is 5.94. The summed E-state index contributed by atoms with van der Waals surface area (Å²) in [6.07, 6.45) is 0.287. The second-order valence-corrected chi connectivity index (χ2v) is 6.85. The smallest absolute Gasteiger partial charge is 0.0949 e. The van der Waals surface area contributed by atoms with E-state index in [1.54, 1.807) is 23.1 Å². The largest absolute Gasteiger partial charge is 0.394 e. The monoisotopic (exact) mass is 283 g/mol. The minimum atomic E-state index is -0.618. The van der Waals surface area contributed by atoms with E-state index in [0.717, 1.165) is 16.9 Å². The van der Waals surface area contributed by atoms with Crippen LogP contribution in [-0.4, -0.2) is 38.9 Å². The average Bonchev–Trinajstić information content (AvgIpc) is 2.77. The minimum Gasteiger partial charge on any atom is -0.394 e. The Morgan fingerprint density at radius 1 is 1.39 bits per heavy atom. The van der Waals surface area contributed by atoms with Crippen LogP contribution in [0.5, 0.6) is 0 Å². The van der Waals surface area contributed by atoms with Crippen molar-refractivity contribution in [2.24, 2.45) is 0 Å². The molecule has 0 aliphatic carbocycles. The number of aliphatic hydroxyl groups excluding tert-OH is 2. The lowest BCUT2D eigenvalue weighted by atomic mass is 10.3. The van der Waals surface area contributed by atoms with Crippen LogP contribution in [-0.2, 0) is 6.42 Å². The first kappa shape index (κ1) is 13.8. The Kier molecular flexibility index (Phi) is 5.00. The van der Waals surface area contributed by atoms with Crippen molar-refractivity contribution < 1.29 is 10.2 Å². The van der Waals surface area contributed by atoms with Crippen LogP contribution in [0.2, 0.25) is 0 Å². The van der Waals surface area contributed by atoms with Crippen molar-refractivity contribution >= 4 is 33.3 Å². The molecule has 1 aromatic carbocycles. The molecule has 1 aromatic heterocycles. The van der Waals surface area contributed by atoms with E-state index in [1.807, 2.05) is 18.2 Å². The van der Waals surface area contributed by atoms with E-state index < -0.39 is 6.10 Å². The molecule has 5 heteroatoms. The van der Waals surface area contributed by atoms with E-state index in [4.69, 9.17) is 5.11 Å². The van der Waals surface area contributed by atoms with Gasteiger partial charge in [-0.25, -0.2) is 4.98 Å². The van der Waals surface area contributed by atoms with Gasteiger partial charge in [-0.1, -0.05) is 19.1 Å². The van der Waals surface area contributed by atoms with Crippen molar-refractivity contribution in [1.29, 1.82) is 0 Å². The molecule has 2 rings (SSSR count). The number of aliphatic hydroxyl groups is 2. The number of fused-ring (bicyclic) bond motifs is 1. The quantitative estimate of drug-likeness (QED) is 0.854. The molecule has 98 valence electrons. The van der Waals surface area contributed by atoms with Gasteiger partial charge in [0, 0.05) is 17.4 Å². The van der Waals surface area contributed by atoms with Gasteiger partial charge in [0.15, 0.2) is 0 Å². The molecule has 18 heavy (non-hydrogen) atoms. The van der Waals surface area contributed by atoms with Gasteiger partial charge in [0.05, 0.1) is 27.9 Å². The van der Waals surface area contributed by atoms with Crippen LogP contribution < -0.4 is 0 Å². The number of hydrogen-bond donors (Lipinski definition) is 2. The molecule has 1 heterocycles. The summed E-state index contributed by atoms with van der Waals surface area (Å²) in [7, 11) is 0. The molecule has 0 aliphatic heterocycles. The molecule has 2 unspecified atom stereocenters. The molecule has 3 nitrogen and oxygen atoms in total. The number of thiazole rings is 1. The Hall–Kier alpha value is -0.620. The first-order chi connectivity index (χ1) is 8.69. The molecule has 0 amide bonds. The van der Waals surface area contributed by atoms with Crippen LogP contribution >= 0.6 is 23.1 Å². The van der Waals surface area contributed by atoms with Crippen LogP contribution in [0.15, 0.2) is 24.3 Å². The third-order valence-electron chi connectivity index (χ3n) is 2.58. The molecule has 0 bridgehead atoms. The Morgan fingerprint density at radius 2 is 2.17 bits per heavy atom.